The van der Waals surface area contributed by atoms with Gasteiger partial charge in [0.25, 0.3) is 0 Å². The molecular formula is C12H27O3Y. The second-order valence-electron chi connectivity index (χ2n) is 3.66. The summed E-state index contributed by atoms with van der Waals surface area (Å²) in [5.74, 6) is 0. The first-order valence-electron chi connectivity index (χ1n) is 5.79. The first-order chi connectivity index (χ1) is 6.81. The van der Waals surface area contributed by atoms with E-state index in [1.807, 2.05) is 20.8 Å². The largest absolute Gasteiger partial charge is 3.00 e. The molecule has 0 radical (unpaired) electrons. The van der Waals surface area contributed by atoms with E-state index >= 15 is 0 Å². The van der Waals surface area contributed by atoms with E-state index in [2.05, 4.69) is 0 Å². The summed E-state index contributed by atoms with van der Waals surface area (Å²) >= 11 is 0. The van der Waals surface area contributed by atoms with Gasteiger partial charge in [0.1, 0.15) is 0 Å². The van der Waals surface area contributed by atoms with Crippen LogP contribution in [0.1, 0.15) is 60.8 Å². The topological polar surface area (TPSA) is 69.2 Å². The first kappa shape index (κ1) is 25.7. The van der Waals surface area contributed by atoms with E-state index in [4.69, 9.17) is 0 Å². The average molecular weight is 308 g/mol. The fraction of sp³-hybridized carbons (Fsp3) is 1.00. The standard InChI is InChI=1S/3C4H9O.Y/c3*1-3-4(2)5;/h3*4H,3H2,1-2H3;/q3*-1;+3. The molecule has 3 atom stereocenters. The van der Waals surface area contributed by atoms with Crippen LogP contribution < -0.4 is 15.3 Å². The summed E-state index contributed by atoms with van der Waals surface area (Å²) in [5, 5.41) is 29.7. The van der Waals surface area contributed by atoms with Gasteiger partial charge in [-0.1, -0.05) is 60.8 Å². The third-order valence-corrected chi connectivity index (χ3v) is 1.72. The molecule has 0 heterocycles. The summed E-state index contributed by atoms with van der Waals surface area (Å²) in [6, 6.07) is 0. The zero-order valence-electron chi connectivity index (χ0n) is 11.7. The maximum absolute atomic E-state index is 9.90. The molecule has 4 heteroatoms. The monoisotopic (exact) mass is 308 g/mol. The van der Waals surface area contributed by atoms with Crippen LogP contribution in [0.5, 0.6) is 0 Å². The van der Waals surface area contributed by atoms with Crippen molar-refractivity contribution in [3.63, 3.8) is 0 Å². The molecule has 0 aliphatic heterocycles. The predicted molar refractivity (Wildman–Crippen MR) is 59.3 cm³/mol. The van der Waals surface area contributed by atoms with Crippen LogP contribution in [0.15, 0.2) is 0 Å². The van der Waals surface area contributed by atoms with Gasteiger partial charge in [-0.15, -0.1) is 18.3 Å². The quantitative estimate of drug-likeness (QED) is 0.759. The van der Waals surface area contributed by atoms with E-state index in [1.54, 1.807) is 20.8 Å². The molecule has 0 bridgehead atoms. The fourth-order valence-electron chi connectivity index (χ4n) is 0. The van der Waals surface area contributed by atoms with Gasteiger partial charge in [-0.3, -0.25) is 0 Å². The van der Waals surface area contributed by atoms with Crippen LogP contribution >= 0.6 is 0 Å². The molecule has 16 heavy (non-hydrogen) atoms. The Morgan fingerprint density at radius 1 is 0.625 bits per heavy atom. The Labute approximate surface area is 127 Å². The molecule has 0 aliphatic rings. The Kier molecular flexibility index (Phi) is 34.2. The van der Waals surface area contributed by atoms with E-state index in [9.17, 15) is 15.3 Å². The first-order valence-corrected chi connectivity index (χ1v) is 5.79. The second-order valence-corrected chi connectivity index (χ2v) is 3.66. The van der Waals surface area contributed by atoms with Crippen molar-refractivity contribution in [3.8, 4) is 0 Å². The Morgan fingerprint density at radius 2 is 0.688 bits per heavy atom. The molecule has 0 N–H and O–H groups in total. The smallest absolute Gasteiger partial charge is 0.852 e. The normalized spacial score (nSPS) is 14.1. The fourth-order valence-corrected chi connectivity index (χ4v) is 0. The van der Waals surface area contributed by atoms with Crippen molar-refractivity contribution in [1.82, 2.24) is 0 Å². The third-order valence-electron chi connectivity index (χ3n) is 1.72. The van der Waals surface area contributed by atoms with Crippen LogP contribution in [-0.2, 0) is 32.7 Å². The van der Waals surface area contributed by atoms with E-state index in [0.29, 0.717) is 0 Å². The van der Waals surface area contributed by atoms with Gasteiger partial charge in [-0.25, -0.2) is 0 Å². The number of hydrogen-bond donors (Lipinski definition) is 0. The maximum Gasteiger partial charge on any atom is 3.00 e. The van der Waals surface area contributed by atoms with Gasteiger partial charge >= 0.3 is 32.7 Å². The summed E-state index contributed by atoms with van der Waals surface area (Å²) in [7, 11) is 0. The minimum Gasteiger partial charge on any atom is -0.852 e. The Morgan fingerprint density at radius 3 is 0.688 bits per heavy atom. The van der Waals surface area contributed by atoms with Crippen LogP contribution in [0.25, 0.3) is 0 Å². The molecule has 0 aromatic heterocycles. The van der Waals surface area contributed by atoms with E-state index in [-0.39, 0.29) is 51.0 Å². The average Bonchev–Trinajstić information content (AvgIpc) is 2.19. The molecule has 0 saturated carbocycles. The van der Waals surface area contributed by atoms with Gasteiger partial charge < -0.3 is 15.3 Å². The van der Waals surface area contributed by atoms with Gasteiger partial charge in [0, 0.05) is 0 Å². The van der Waals surface area contributed by atoms with Crippen molar-refractivity contribution in [2.24, 2.45) is 0 Å². The van der Waals surface area contributed by atoms with Crippen LogP contribution in [-0.4, -0.2) is 18.3 Å². The minimum atomic E-state index is -0.366. The molecule has 0 fully saturated rings. The van der Waals surface area contributed by atoms with E-state index in [1.165, 1.54) is 0 Å². The van der Waals surface area contributed by atoms with Crippen molar-refractivity contribution in [2.75, 3.05) is 0 Å². The molecule has 0 saturated heterocycles. The molecule has 0 spiro atoms. The molecule has 0 rings (SSSR count). The van der Waals surface area contributed by atoms with Crippen molar-refractivity contribution in [2.45, 2.75) is 79.1 Å². The third kappa shape index (κ3) is 60.1. The molecule has 96 valence electrons. The number of rotatable bonds is 3. The van der Waals surface area contributed by atoms with E-state index in [0.717, 1.165) is 19.3 Å². The van der Waals surface area contributed by atoms with Gasteiger partial charge in [-0.2, -0.15) is 0 Å². The minimum absolute atomic E-state index is 0. The maximum atomic E-state index is 9.90. The molecule has 0 amide bonds. The Balaban J connectivity index is -0.0000000655. The zero-order valence-corrected chi connectivity index (χ0v) is 14.5. The zero-order chi connectivity index (χ0) is 12.9. The van der Waals surface area contributed by atoms with Gasteiger partial charge in [0.2, 0.25) is 0 Å². The van der Waals surface area contributed by atoms with E-state index < -0.39 is 0 Å². The van der Waals surface area contributed by atoms with Gasteiger partial charge in [-0.05, 0) is 0 Å². The van der Waals surface area contributed by atoms with Crippen molar-refractivity contribution < 1.29 is 48.0 Å². The molecule has 3 nitrogen and oxygen atoms in total. The van der Waals surface area contributed by atoms with Crippen LogP contribution in [0.4, 0.5) is 0 Å². The Bertz CT molecular complexity index is 77.2. The second kappa shape index (κ2) is 21.3. The van der Waals surface area contributed by atoms with Gasteiger partial charge in [0.05, 0.1) is 0 Å². The van der Waals surface area contributed by atoms with Crippen molar-refractivity contribution >= 4 is 0 Å². The van der Waals surface area contributed by atoms with Crippen LogP contribution in [0.2, 0.25) is 0 Å². The Hall–Kier alpha value is 0.984. The van der Waals surface area contributed by atoms with Crippen LogP contribution in [0, 0.1) is 0 Å². The SMILES string of the molecule is CCC(C)[O-].CCC(C)[O-].CCC(C)[O-].[Y+3]. The summed E-state index contributed by atoms with van der Waals surface area (Å²) in [6.45, 7) is 10.7. The van der Waals surface area contributed by atoms with Crippen molar-refractivity contribution in [3.05, 3.63) is 0 Å². The number of hydrogen-bond acceptors (Lipinski definition) is 3. The summed E-state index contributed by atoms with van der Waals surface area (Å²) in [4.78, 5) is 0. The van der Waals surface area contributed by atoms with Gasteiger partial charge in [0.15, 0.2) is 0 Å². The summed E-state index contributed by atoms with van der Waals surface area (Å²) < 4.78 is 0. The predicted octanol–water partition coefficient (Wildman–Crippen LogP) is 0.433. The van der Waals surface area contributed by atoms with Crippen molar-refractivity contribution in [1.29, 1.82) is 0 Å². The van der Waals surface area contributed by atoms with Crippen LogP contribution in [0.3, 0.4) is 0 Å². The molecule has 3 unspecified atom stereocenters. The molecule has 0 aliphatic carbocycles. The molecule has 0 aromatic carbocycles. The summed E-state index contributed by atoms with van der Waals surface area (Å²) in [5.41, 5.74) is 0. The summed E-state index contributed by atoms with van der Waals surface area (Å²) in [6.07, 6.45) is 1.15. The molecule has 0 aromatic rings. The molecular weight excluding hydrogens is 281 g/mol.